The molecule has 2 aromatic heterocycles. The topological polar surface area (TPSA) is 129 Å². The van der Waals surface area contributed by atoms with E-state index in [1.54, 1.807) is 31.1 Å². The molecule has 3 heterocycles. The average Bonchev–Trinajstić information content (AvgIpc) is 3.91. The lowest BCUT2D eigenvalue weighted by molar-refractivity contribution is -0.144. The van der Waals surface area contributed by atoms with E-state index in [1.165, 1.54) is 17.0 Å². The minimum absolute atomic E-state index is 0.0371. The van der Waals surface area contributed by atoms with Crippen LogP contribution in [0, 0.1) is 19.3 Å². The molecule has 12 nitrogen and oxygen atoms in total. The molecule has 310 valence electrons. The first kappa shape index (κ1) is 47.7. The Morgan fingerprint density at radius 2 is 1.82 bits per heavy atom. The van der Waals surface area contributed by atoms with E-state index in [4.69, 9.17) is 87.5 Å². The van der Waals surface area contributed by atoms with Crippen LogP contribution in [0.15, 0.2) is 62.4 Å². The number of carbonyl (C=O) groups excluding carboxylic acids is 2. The number of benzene rings is 2. The molecule has 2 amide bonds. The highest BCUT2D eigenvalue weighted by atomic mass is 35.5. The predicted molar refractivity (Wildman–Crippen MR) is 224 cm³/mol. The molecule has 1 unspecified atom stereocenters. The molecule has 0 bridgehead atoms. The molecule has 57 heavy (non-hydrogen) atoms. The molecule has 17 heteroatoms. The van der Waals surface area contributed by atoms with Crippen molar-refractivity contribution in [3.63, 3.8) is 0 Å². The normalized spacial score (nSPS) is 14.6. The lowest BCUT2D eigenvalue weighted by Gasteiger charge is -2.29. The van der Waals surface area contributed by atoms with Gasteiger partial charge in [-0.15, -0.1) is 23.1 Å². The van der Waals surface area contributed by atoms with Crippen LogP contribution >= 0.6 is 58.0 Å². The molecule has 0 aliphatic carbocycles. The highest BCUT2D eigenvalue weighted by Crippen LogP contribution is 2.37. The third-order valence-electron chi connectivity index (χ3n) is 8.28. The van der Waals surface area contributed by atoms with E-state index in [0.717, 1.165) is 27.9 Å². The molecule has 1 atom stereocenters. The molecule has 0 N–H and O–H groups in total. The van der Waals surface area contributed by atoms with Crippen LogP contribution in [0.25, 0.3) is 5.69 Å². The van der Waals surface area contributed by atoms with Crippen LogP contribution in [0.1, 0.15) is 77.3 Å². The van der Waals surface area contributed by atoms with Crippen LogP contribution in [0.2, 0.25) is 10.0 Å². The van der Waals surface area contributed by atoms with Crippen molar-refractivity contribution in [1.82, 2.24) is 14.7 Å². The van der Waals surface area contributed by atoms with Crippen molar-refractivity contribution in [3.05, 3.63) is 92.1 Å². The van der Waals surface area contributed by atoms with Crippen LogP contribution < -0.4 is 15.4 Å². The Morgan fingerprint density at radius 1 is 1.12 bits per heavy atom. The number of terminal acetylenes is 1. The number of hydrogen-bond acceptors (Lipinski definition) is 9. The maximum atomic E-state index is 12.0. The number of amides is 2. The van der Waals surface area contributed by atoms with Gasteiger partial charge in [-0.3, -0.25) is 14.5 Å². The fourth-order valence-electron chi connectivity index (χ4n) is 5.48. The van der Waals surface area contributed by atoms with E-state index in [1.807, 2.05) is 58.9 Å². The van der Waals surface area contributed by atoms with Gasteiger partial charge in [0.05, 0.1) is 34.2 Å². The van der Waals surface area contributed by atoms with E-state index in [0.29, 0.717) is 36.2 Å². The summed E-state index contributed by atoms with van der Waals surface area (Å²) in [6, 6.07) is 12.6. The van der Waals surface area contributed by atoms with Crippen molar-refractivity contribution in [2.24, 2.45) is 0 Å². The standard InChI is InChI=1S/C15H14Cl2N2O3.C14H20ClNO2.C11H13Cl2NO3/c1-5-6-21-12-8-11(9(16)7-10(12)17)19-14(20)22-13(18-19)15(2,3)4;1-4-12-8-6-7-11(3)14(12)16(10-18-5-2)13(17)9-15;1-11(2)14(10(15)9(12)13)6-8(17-11)7-4-3-5-16-7/h1,7-8H,6H2,2-4H3;6-8H,4-5,9-10H2,1-3H3;3-5,8-9H,6H2,1-2H3. The molecule has 0 saturated carbocycles. The molecule has 1 fully saturated rings. The molecule has 4 aromatic rings. The fraction of sp³-hybridized carbons (Fsp3) is 0.450. The summed E-state index contributed by atoms with van der Waals surface area (Å²) in [4.78, 5) is 37.9. The van der Waals surface area contributed by atoms with Gasteiger partial charge in [0.25, 0.3) is 5.91 Å². The number of carbonyl (C=O) groups is 2. The number of para-hydroxylation sites is 1. The third-order valence-corrected chi connectivity index (χ3v) is 9.48. The van der Waals surface area contributed by atoms with Crippen LogP contribution in [0.3, 0.4) is 0 Å². The number of aryl methyl sites for hydroxylation is 2. The molecular weight excluding hydrogens is 842 g/mol. The summed E-state index contributed by atoms with van der Waals surface area (Å²) >= 11 is 29.1. The van der Waals surface area contributed by atoms with Gasteiger partial charge in [0, 0.05) is 18.1 Å². The number of alkyl halides is 3. The van der Waals surface area contributed by atoms with Gasteiger partial charge < -0.3 is 27.9 Å². The summed E-state index contributed by atoms with van der Waals surface area (Å²) in [7, 11) is 0. The first-order valence-electron chi connectivity index (χ1n) is 17.8. The number of rotatable bonds is 11. The number of ether oxygens (including phenoxy) is 3. The summed E-state index contributed by atoms with van der Waals surface area (Å²) in [5, 5.41) is 4.71. The van der Waals surface area contributed by atoms with Gasteiger partial charge in [0.15, 0.2) is 4.84 Å². The highest BCUT2D eigenvalue weighted by molar-refractivity contribution is 6.53. The molecule has 1 aliphatic heterocycles. The maximum absolute atomic E-state index is 12.0. The molecule has 1 aliphatic rings. The van der Waals surface area contributed by atoms with E-state index >= 15 is 0 Å². The number of nitrogens with zero attached hydrogens (tertiary/aromatic N) is 4. The van der Waals surface area contributed by atoms with Crippen LogP contribution in [0.5, 0.6) is 5.75 Å². The van der Waals surface area contributed by atoms with Crippen molar-refractivity contribution < 1.29 is 32.6 Å². The van der Waals surface area contributed by atoms with Gasteiger partial charge in [-0.2, -0.15) is 4.68 Å². The SMILES string of the molecule is C#CCOc1cc(-n2nc(C(C)(C)C)oc2=O)c(Cl)cc1Cl.CC1(C)OC(c2ccco2)CN1C(=O)C(Cl)Cl.CCOCN(C(=O)CCl)c1c(C)cccc1CC. The Kier molecular flexibility index (Phi) is 17.9. The second kappa shape index (κ2) is 21.4. The number of aromatic nitrogens is 2. The Morgan fingerprint density at radius 3 is 2.37 bits per heavy atom. The van der Waals surface area contributed by atoms with Crippen LogP contribution in [0.4, 0.5) is 5.69 Å². The van der Waals surface area contributed by atoms with Crippen molar-refractivity contribution in [2.45, 2.75) is 83.9 Å². The van der Waals surface area contributed by atoms with Crippen molar-refractivity contribution in [3.8, 4) is 23.8 Å². The van der Waals surface area contributed by atoms with Crippen LogP contribution in [-0.2, 0) is 30.9 Å². The second-order valence-corrected chi connectivity index (χ2v) is 16.1. The average molecular weight is 889 g/mol. The molecular formula is C40H47Cl5N4O8. The largest absolute Gasteiger partial charge is 0.479 e. The summed E-state index contributed by atoms with van der Waals surface area (Å²) in [6.07, 6.45) is 7.31. The van der Waals surface area contributed by atoms with Gasteiger partial charge >= 0.3 is 5.76 Å². The van der Waals surface area contributed by atoms with Crippen molar-refractivity contribution >= 4 is 75.5 Å². The van der Waals surface area contributed by atoms with Crippen molar-refractivity contribution in [2.75, 3.05) is 37.3 Å². The van der Waals surface area contributed by atoms with E-state index in [9.17, 15) is 14.4 Å². The Labute approximate surface area is 358 Å². The fourth-order valence-corrected chi connectivity index (χ4v) is 6.38. The van der Waals surface area contributed by atoms with Gasteiger partial charge in [-0.05, 0) is 63.4 Å². The lowest BCUT2D eigenvalue weighted by atomic mass is 9.97. The molecule has 0 spiro atoms. The monoisotopic (exact) mass is 886 g/mol. The summed E-state index contributed by atoms with van der Waals surface area (Å²) in [5.74, 6) is 2.47. The van der Waals surface area contributed by atoms with Crippen LogP contribution in [-0.4, -0.2) is 69.4 Å². The zero-order valence-corrected chi connectivity index (χ0v) is 36.8. The van der Waals surface area contributed by atoms with Gasteiger partial charge in [0.1, 0.15) is 42.6 Å². The number of furan rings is 1. The number of halogens is 5. The smallest absolute Gasteiger partial charge is 0.442 e. The zero-order chi connectivity index (χ0) is 42.7. The highest BCUT2D eigenvalue weighted by Gasteiger charge is 2.45. The first-order chi connectivity index (χ1) is 26.8. The Hall–Kier alpha value is -3.67. The van der Waals surface area contributed by atoms with Gasteiger partial charge in [-0.1, -0.05) is 98.2 Å². The third kappa shape index (κ3) is 12.7. The summed E-state index contributed by atoms with van der Waals surface area (Å²) in [5.41, 5.74) is 2.28. The van der Waals surface area contributed by atoms with E-state index in [2.05, 4.69) is 17.9 Å². The zero-order valence-electron chi connectivity index (χ0n) is 33.0. The summed E-state index contributed by atoms with van der Waals surface area (Å²) < 4.78 is 28.0. The quantitative estimate of drug-likeness (QED) is 0.0822. The molecule has 2 aromatic carbocycles. The van der Waals surface area contributed by atoms with E-state index in [-0.39, 0.29) is 47.2 Å². The molecule has 0 radical (unpaired) electrons. The summed E-state index contributed by atoms with van der Waals surface area (Å²) in [6.45, 7) is 16.5. The lowest BCUT2D eigenvalue weighted by Crippen LogP contribution is -2.45. The van der Waals surface area contributed by atoms with E-state index < -0.39 is 21.7 Å². The Balaban J connectivity index is 0.000000231. The Bertz CT molecular complexity index is 2050. The van der Waals surface area contributed by atoms with Gasteiger partial charge in [0.2, 0.25) is 11.8 Å². The molecule has 1 saturated heterocycles. The predicted octanol–water partition coefficient (Wildman–Crippen LogP) is 9.28. The minimum Gasteiger partial charge on any atom is -0.479 e. The van der Waals surface area contributed by atoms with Gasteiger partial charge in [-0.25, -0.2) is 4.79 Å². The number of hydrogen-bond donors (Lipinski definition) is 0. The first-order valence-corrected chi connectivity index (χ1v) is 20.0. The maximum Gasteiger partial charge on any atom is 0.442 e. The second-order valence-electron chi connectivity index (χ2n) is 13.9. The number of anilines is 1. The minimum atomic E-state index is -1.08. The van der Waals surface area contributed by atoms with Crippen molar-refractivity contribution in [1.29, 1.82) is 0 Å². The molecule has 5 rings (SSSR count).